The van der Waals surface area contributed by atoms with E-state index in [2.05, 4.69) is 15.9 Å². The zero-order valence-electron chi connectivity index (χ0n) is 12.6. The zero-order chi connectivity index (χ0) is 16.2. The molecule has 0 fully saturated rings. The van der Waals surface area contributed by atoms with Crippen LogP contribution in [0, 0.1) is 11.7 Å². The van der Waals surface area contributed by atoms with Gasteiger partial charge in [-0.25, -0.2) is 12.8 Å². The molecule has 0 aliphatic rings. The molecule has 0 radical (unpaired) electrons. The maximum absolute atomic E-state index is 13.4. The summed E-state index contributed by atoms with van der Waals surface area (Å²) in [5, 5.41) is 0. The number of sulfonamides is 1. The third kappa shape index (κ3) is 4.17. The van der Waals surface area contributed by atoms with Gasteiger partial charge < -0.3 is 5.73 Å². The first-order chi connectivity index (χ1) is 9.77. The molecule has 0 aromatic heterocycles. The molecule has 0 heterocycles. The highest BCUT2D eigenvalue weighted by Gasteiger charge is 2.27. The van der Waals surface area contributed by atoms with Crippen LogP contribution in [0.2, 0.25) is 0 Å². The van der Waals surface area contributed by atoms with Gasteiger partial charge in [-0.15, -0.1) is 0 Å². The topological polar surface area (TPSA) is 63.4 Å². The van der Waals surface area contributed by atoms with Crippen LogP contribution in [0.1, 0.15) is 33.6 Å². The van der Waals surface area contributed by atoms with Crippen molar-refractivity contribution >= 4 is 31.6 Å². The molecule has 1 aromatic carbocycles. The van der Waals surface area contributed by atoms with Gasteiger partial charge in [-0.05, 0) is 34.0 Å². The molecule has 0 atom stereocenters. The second-order valence-corrected chi connectivity index (χ2v) is 7.70. The lowest BCUT2D eigenvalue weighted by molar-refractivity contribution is 0.339. The zero-order valence-corrected chi connectivity index (χ0v) is 15.0. The predicted molar refractivity (Wildman–Crippen MR) is 87.0 cm³/mol. The number of rotatable bonds is 7. The third-order valence-corrected chi connectivity index (χ3v) is 6.24. The van der Waals surface area contributed by atoms with Crippen molar-refractivity contribution in [2.45, 2.75) is 38.5 Å². The minimum absolute atomic E-state index is 0.0522. The molecule has 1 rings (SSSR count). The quantitative estimate of drug-likeness (QED) is 0.734. The molecule has 0 unspecified atom stereocenters. The first-order valence-electron chi connectivity index (χ1n) is 7.02. The largest absolute Gasteiger partial charge is 0.398 e. The SMILES string of the molecule is CCC(CC)CN(CC)S(=O)(=O)c1cc(Br)c(F)cc1N. The van der Waals surface area contributed by atoms with Crippen molar-refractivity contribution < 1.29 is 12.8 Å². The van der Waals surface area contributed by atoms with Crippen LogP contribution in [-0.2, 0) is 10.0 Å². The lowest BCUT2D eigenvalue weighted by Gasteiger charge is -2.25. The number of benzene rings is 1. The number of hydrogen-bond donors (Lipinski definition) is 1. The average molecular weight is 381 g/mol. The van der Waals surface area contributed by atoms with Gasteiger partial charge in [-0.1, -0.05) is 33.6 Å². The Morgan fingerprint density at radius 1 is 1.29 bits per heavy atom. The molecule has 0 amide bonds. The first-order valence-corrected chi connectivity index (χ1v) is 9.25. The molecule has 0 aliphatic heterocycles. The summed E-state index contributed by atoms with van der Waals surface area (Å²) in [5.74, 6) is -0.278. The van der Waals surface area contributed by atoms with E-state index in [1.54, 1.807) is 6.92 Å². The molecule has 0 spiro atoms. The Kier molecular flexibility index (Phi) is 6.62. The summed E-state index contributed by atoms with van der Waals surface area (Å²) < 4.78 is 40.3. The van der Waals surface area contributed by atoms with Gasteiger partial charge in [0, 0.05) is 13.1 Å². The van der Waals surface area contributed by atoms with Crippen molar-refractivity contribution in [2.75, 3.05) is 18.8 Å². The van der Waals surface area contributed by atoms with E-state index in [1.165, 1.54) is 10.4 Å². The van der Waals surface area contributed by atoms with Crippen LogP contribution in [0.4, 0.5) is 10.1 Å². The third-order valence-electron chi connectivity index (χ3n) is 3.64. The van der Waals surface area contributed by atoms with Crippen LogP contribution in [0.15, 0.2) is 21.5 Å². The highest BCUT2D eigenvalue weighted by atomic mass is 79.9. The van der Waals surface area contributed by atoms with Crippen LogP contribution in [0.3, 0.4) is 0 Å². The van der Waals surface area contributed by atoms with Gasteiger partial charge >= 0.3 is 0 Å². The predicted octanol–water partition coefficient (Wildman–Crippen LogP) is 3.62. The smallest absolute Gasteiger partial charge is 0.245 e. The maximum atomic E-state index is 13.4. The molecular formula is C14H22BrFN2O2S. The summed E-state index contributed by atoms with van der Waals surface area (Å²) in [7, 11) is -3.72. The number of halogens is 2. The Balaban J connectivity index is 3.22. The van der Waals surface area contributed by atoms with Crippen molar-refractivity contribution in [1.82, 2.24) is 4.31 Å². The van der Waals surface area contributed by atoms with Crippen LogP contribution in [-0.4, -0.2) is 25.8 Å². The average Bonchev–Trinajstić information content (AvgIpc) is 2.43. The molecule has 4 nitrogen and oxygen atoms in total. The van der Waals surface area contributed by atoms with Gasteiger partial charge in [0.25, 0.3) is 0 Å². The lowest BCUT2D eigenvalue weighted by Crippen LogP contribution is -2.35. The lowest BCUT2D eigenvalue weighted by atomic mass is 10.0. The van der Waals surface area contributed by atoms with Gasteiger partial charge in [0.2, 0.25) is 10.0 Å². The number of nitrogens with two attached hydrogens (primary N) is 1. The Hall–Kier alpha value is -0.660. The number of nitrogen functional groups attached to an aromatic ring is 1. The van der Waals surface area contributed by atoms with E-state index < -0.39 is 15.8 Å². The maximum Gasteiger partial charge on any atom is 0.245 e. The second-order valence-electron chi connectivity index (χ2n) is 4.94. The summed E-state index contributed by atoms with van der Waals surface area (Å²) in [6.45, 7) is 6.66. The number of anilines is 1. The summed E-state index contributed by atoms with van der Waals surface area (Å²) >= 11 is 3.01. The van der Waals surface area contributed by atoms with Gasteiger partial charge in [-0.3, -0.25) is 0 Å². The van der Waals surface area contributed by atoms with Crippen molar-refractivity contribution in [2.24, 2.45) is 5.92 Å². The minimum atomic E-state index is -3.72. The van der Waals surface area contributed by atoms with Crippen LogP contribution in [0.25, 0.3) is 0 Å². The Bertz CT molecular complexity index is 589. The normalized spacial score (nSPS) is 12.3. The van der Waals surface area contributed by atoms with E-state index >= 15 is 0 Å². The van der Waals surface area contributed by atoms with Crippen molar-refractivity contribution in [3.8, 4) is 0 Å². The standard InChI is InChI=1S/C14H22BrFN2O2S/c1-4-10(5-2)9-18(6-3)21(19,20)14-7-11(15)12(16)8-13(14)17/h7-8,10H,4-6,9,17H2,1-3H3. The molecule has 0 saturated carbocycles. The van der Waals surface area contributed by atoms with Gasteiger partial charge in [0.1, 0.15) is 10.7 Å². The molecule has 21 heavy (non-hydrogen) atoms. The summed E-state index contributed by atoms with van der Waals surface area (Å²) in [4.78, 5) is -0.0522. The van der Waals surface area contributed by atoms with Crippen molar-refractivity contribution in [3.63, 3.8) is 0 Å². The molecule has 2 N–H and O–H groups in total. The Morgan fingerprint density at radius 3 is 2.33 bits per heavy atom. The summed E-state index contributed by atoms with van der Waals surface area (Å²) in [6, 6.07) is 2.26. The van der Waals surface area contributed by atoms with Crippen LogP contribution in [0.5, 0.6) is 0 Å². The monoisotopic (exact) mass is 380 g/mol. The number of hydrogen-bond acceptors (Lipinski definition) is 3. The van der Waals surface area contributed by atoms with Crippen LogP contribution < -0.4 is 5.73 Å². The van der Waals surface area contributed by atoms with Crippen molar-refractivity contribution in [1.29, 1.82) is 0 Å². The fourth-order valence-corrected chi connectivity index (χ4v) is 4.28. The Labute approximate surface area is 134 Å². The van der Waals surface area contributed by atoms with Gasteiger partial charge in [0.15, 0.2) is 0 Å². The van der Waals surface area contributed by atoms with Gasteiger partial charge in [-0.2, -0.15) is 4.31 Å². The second kappa shape index (κ2) is 7.56. The fraction of sp³-hybridized carbons (Fsp3) is 0.571. The molecule has 120 valence electrons. The van der Waals surface area contributed by atoms with Crippen LogP contribution >= 0.6 is 15.9 Å². The van der Waals surface area contributed by atoms with E-state index in [0.29, 0.717) is 19.0 Å². The van der Waals surface area contributed by atoms with E-state index in [0.717, 1.165) is 18.9 Å². The molecule has 1 aromatic rings. The summed E-state index contributed by atoms with van der Waals surface area (Å²) in [5.41, 5.74) is 5.63. The highest BCUT2D eigenvalue weighted by molar-refractivity contribution is 9.10. The molecule has 0 saturated heterocycles. The van der Waals surface area contributed by atoms with Crippen molar-refractivity contribution in [3.05, 3.63) is 22.4 Å². The first kappa shape index (κ1) is 18.4. The molecule has 0 aliphatic carbocycles. The fourth-order valence-electron chi connectivity index (χ4n) is 2.14. The van der Waals surface area contributed by atoms with Gasteiger partial charge in [0.05, 0.1) is 10.2 Å². The molecular weight excluding hydrogens is 359 g/mol. The van der Waals surface area contributed by atoms with E-state index in [1.807, 2.05) is 13.8 Å². The summed E-state index contributed by atoms with van der Waals surface area (Å²) in [6.07, 6.45) is 1.82. The Morgan fingerprint density at radius 2 is 1.86 bits per heavy atom. The van der Waals surface area contributed by atoms with E-state index in [-0.39, 0.29) is 15.1 Å². The van der Waals surface area contributed by atoms with E-state index in [9.17, 15) is 12.8 Å². The number of nitrogens with zero attached hydrogens (tertiary/aromatic N) is 1. The highest BCUT2D eigenvalue weighted by Crippen LogP contribution is 2.29. The molecule has 0 bridgehead atoms. The minimum Gasteiger partial charge on any atom is -0.398 e. The molecule has 7 heteroatoms. The van der Waals surface area contributed by atoms with E-state index in [4.69, 9.17) is 5.73 Å².